The number of nitrogens with one attached hydrogen (secondary N) is 1. The Hall–Kier alpha value is -3.61. The SMILES string of the molecule is CC(C)CCNC(=O)C(C)N(C(=O)C1COc2ccccc2O1)c1cnc2ccccc2c1. The van der Waals surface area contributed by atoms with Gasteiger partial charge in [-0.1, -0.05) is 44.2 Å². The summed E-state index contributed by atoms with van der Waals surface area (Å²) in [6.07, 6.45) is 1.60. The number of carbonyl (C=O) groups excluding carboxylic acids is 2. The molecule has 4 rings (SSSR count). The predicted molar refractivity (Wildman–Crippen MR) is 128 cm³/mol. The van der Waals surface area contributed by atoms with Crippen molar-refractivity contribution in [3.05, 3.63) is 60.8 Å². The Balaban J connectivity index is 1.63. The van der Waals surface area contributed by atoms with Gasteiger partial charge in [-0.15, -0.1) is 0 Å². The number of aromatic nitrogens is 1. The van der Waals surface area contributed by atoms with Gasteiger partial charge in [0.1, 0.15) is 12.6 Å². The number of hydrogen-bond donors (Lipinski definition) is 1. The van der Waals surface area contributed by atoms with Gasteiger partial charge in [-0.2, -0.15) is 0 Å². The van der Waals surface area contributed by atoms with Crippen LogP contribution in [0.2, 0.25) is 0 Å². The van der Waals surface area contributed by atoms with Crippen molar-refractivity contribution >= 4 is 28.4 Å². The van der Waals surface area contributed by atoms with Gasteiger partial charge >= 0.3 is 0 Å². The van der Waals surface area contributed by atoms with E-state index in [-0.39, 0.29) is 18.4 Å². The number of rotatable bonds is 7. The summed E-state index contributed by atoms with van der Waals surface area (Å²) in [6, 6.07) is 16.0. The van der Waals surface area contributed by atoms with Crippen molar-refractivity contribution in [1.29, 1.82) is 0 Å². The summed E-state index contributed by atoms with van der Waals surface area (Å²) >= 11 is 0. The maximum Gasteiger partial charge on any atom is 0.272 e. The summed E-state index contributed by atoms with van der Waals surface area (Å²) in [6.45, 7) is 6.54. The molecule has 0 spiro atoms. The Morgan fingerprint density at radius 1 is 1.09 bits per heavy atom. The molecule has 7 nitrogen and oxygen atoms in total. The molecule has 2 aromatic carbocycles. The van der Waals surface area contributed by atoms with Crippen molar-refractivity contribution in [1.82, 2.24) is 10.3 Å². The quantitative estimate of drug-likeness (QED) is 0.593. The number of nitrogens with zero attached hydrogens (tertiary/aromatic N) is 2. The number of pyridine rings is 1. The lowest BCUT2D eigenvalue weighted by Crippen LogP contribution is -2.54. The first-order valence-corrected chi connectivity index (χ1v) is 11.3. The van der Waals surface area contributed by atoms with Crippen LogP contribution in [0.5, 0.6) is 11.5 Å². The van der Waals surface area contributed by atoms with Crippen LogP contribution >= 0.6 is 0 Å². The molecule has 0 saturated heterocycles. The van der Waals surface area contributed by atoms with Crippen molar-refractivity contribution in [3.63, 3.8) is 0 Å². The standard InChI is InChI=1S/C26H29N3O4/c1-17(2)12-13-27-25(30)18(3)29(20-14-19-8-4-5-9-21(19)28-15-20)26(31)24-16-32-22-10-6-7-11-23(22)33-24/h4-11,14-15,17-18,24H,12-13,16H2,1-3H3,(H,27,30). The van der Waals surface area contributed by atoms with E-state index in [1.54, 1.807) is 25.3 Å². The minimum Gasteiger partial charge on any atom is -0.485 e. The maximum absolute atomic E-state index is 13.7. The Morgan fingerprint density at radius 3 is 2.61 bits per heavy atom. The third-order valence-electron chi connectivity index (χ3n) is 5.66. The van der Waals surface area contributed by atoms with E-state index in [0.717, 1.165) is 17.3 Å². The van der Waals surface area contributed by atoms with Crippen LogP contribution in [0.4, 0.5) is 5.69 Å². The first-order valence-electron chi connectivity index (χ1n) is 11.3. The zero-order chi connectivity index (χ0) is 23.4. The summed E-state index contributed by atoms with van der Waals surface area (Å²) in [7, 11) is 0. The maximum atomic E-state index is 13.7. The molecular weight excluding hydrogens is 418 g/mol. The molecule has 2 atom stereocenters. The molecule has 2 heterocycles. The summed E-state index contributed by atoms with van der Waals surface area (Å²) in [5.74, 6) is 0.992. The fourth-order valence-corrected chi connectivity index (χ4v) is 3.78. The van der Waals surface area contributed by atoms with Gasteiger partial charge in [0, 0.05) is 11.9 Å². The van der Waals surface area contributed by atoms with E-state index in [1.165, 1.54) is 4.90 Å². The second kappa shape index (κ2) is 9.90. The van der Waals surface area contributed by atoms with Crippen LogP contribution in [-0.4, -0.2) is 42.1 Å². The van der Waals surface area contributed by atoms with E-state index in [0.29, 0.717) is 29.6 Å². The Bertz CT molecular complexity index is 1150. The molecule has 2 unspecified atom stereocenters. The molecule has 172 valence electrons. The molecule has 0 bridgehead atoms. The lowest BCUT2D eigenvalue weighted by Gasteiger charge is -2.33. The van der Waals surface area contributed by atoms with E-state index < -0.39 is 12.1 Å². The minimum atomic E-state index is -0.878. The highest BCUT2D eigenvalue weighted by atomic mass is 16.6. The fraction of sp³-hybridized carbons (Fsp3) is 0.346. The Morgan fingerprint density at radius 2 is 1.82 bits per heavy atom. The second-order valence-corrected chi connectivity index (χ2v) is 8.61. The van der Waals surface area contributed by atoms with Crippen LogP contribution in [0.3, 0.4) is 0 Å². The predicted octanol–water partition coefficient (Wildman–Crippen LogP) is 3.96. The summed E-state index contributed by atoms with van der Waals surface area (Å²) in [4.78, 5) is 32.6. The first kappa shape index (κ1) is 22.6. The van der Waals surface area contributed by atoms with E-state index in [9.17, 15) is 9.59 Å². The monoisotopic (exact) mass is 447 g/mol. The summed E-state index contributed by atoms with van der Waals surface area (Å²) < 4.78 is 11.7. The smallest absolute Gasteiger partial charge is 0.272 e. The van der Waals surface area contributed by atoms with E-state index in [1.807, 2.05) is 42.5 Å². The summed E-state index contributed by atoms with van der Waals surface area (Å²) in [5, 5.41) is 3.83. The highest BCUT2D eigenvalue weighted by molar-refractivity contribution is 6.04. The topological polar surface area (TPSA) is 80.8 Å². The average Bonchev–Trinajstić information content (AvgIpc) is 2.83. The summed E-state index contributed by atoms with van der Waals surface area (Å²) in [5.41, 5.74) is 1.35. The molecule has 3 aromatic rings. The third kappa shape index (κ3) is 5.08. The van der Waals surface area contributed by atoms with E-state index >= 15 is 0 Å². The lowest BCUT2D eigenvalue weighted by molar-refractivity contribution is -0.131. The van der Waals surface area contributed by atoms with Crippen molar-refractivity contribution in [2.45, 2.75) is 39.3 Å². The largest absolute Gasteiger partial charge is 0.485 e. The highest BCUT2D eigenvalue weighted by Crippen LogP contribution is 2.32. The molecule has 0 saturated carbocycles. The van der Waals surface area contributed by atoms with Crippen LogP contribution in [0.25, 0.3) is 10.9 Å². The van der Waals surface area contributed by atoms with Gasteiger partial charge in [0.25, 0.3) is 5.91 Å². The molecule has 1 aliphatic rings. The first-order chi connectivity index (χ1) is 15.9. The molecule has 1 aliphatic heterocycles. The van der Waals surface area contributed by atoms with Gasteiger partial charge < -0.3 is 14.8 Å². The molecule has 1 aromatic heterocycles. The molecule has 0 aliphatic carbocycles. The van der Waals surface area contributed by atoms with Crippen molar-refractivity contribution < 1.29 is 19.1 Å². The fourth-order valence-electron chi connectivity index (χ4n) is 3.78. The molecule has 33 heavy (non-hydrogen) atoms. The zero-order valence-corrected chi connectivity index (χ0v) is 19.2. The molecular formula is C26H29N3O4. The molecule has 7 heteroatoms. The normalized spacial score (nSPS) is 15.8. The van der Waals surface area contributed by atoms with Gasteiger partial charge in [-0.3, -0.25) is 19.5 Å². The Kier molecular flexibility index (Phi) is 6.77. The average molecular weight is 448 g/mol. The number of ether oxygens (including phenoxy) is 2. The number of fused-ring (bicyclic) bond motifs is 2. The van der Waals surface area contributed by atoms with Crippen LogP contribution in [0, 0.1) is 5.92 Å². The minimum absolute atomic E-state index is 0.0645. The number of anilines is 1. The number of carbonyl (C=O) groups is 2. The van der Waals surface area contributed by atoms with Crippen LogP contribution in [0.1, 0.15) is 27.2 Å². The van der Waals surface area contributed by atoms with Crippen LogP contribution in [0.15, 0.2) is 60.8 Å². The van der Waals surface area contributed by atoms with E-state index in [4.69, 9.17) is 9.47 Å². The third-order valence-corrected chi connectivity index (χ3v) is 5.66. The van der Waals surface area contributed by atoms with Crippen LogP contribution < -0.4 is 19.7 Å². The van der Waals surface area contributed by atoms with Gasteiger partial charge in [-0.25, -0.2) is 0 Å². The van der Waals surface area contributed by atoms with Crippen LogP contribution in [-0.2, 0) is 9.59 Å². The van der Waals surface area contributed by atoms with Gasteiger partial charge in [0.15, 0.2) is 11.5 Å². The zero-order valence-electron chi connectivity index (χ0n) is 19.2. The lowest BCUT2D eigenvalue weighted by atomic mass is 10.1. The number of para-hydroxylation sites is 3. The molecule has 1 N–H and O–H groups in total. The molecule has 0 fully saturated rings. The molecule has 0 radical (unpaired) electrons. The highest BCUT2D eigenvalue weighted by Gasteiger charge is 2.36. The van der Waals surface area contributed by atoms with Gasteiger partial charge in [0.2, 0.25) is 12.0 Å². The van der Waals surface area contributed by atoms with E-state index in [2.05, 4.69) is 24.1 Å². The van der Waals surface area contributed by atoms with Crippen molar-refractivity contribution in [2.75, 3.05) is 18.1 Å². The van der Waals surface area contributed by atoms with Crippen molar-refractivity contribution in [3.8, 4) is 11.5 Å². The second-order valence-electron chi connectivity index (χ2n) is 8.61. The number of amides is 2. The van der Waals surface area contributed by atoms with Crippen molar-refractivity contribution in [2.24, 2.45) is 5.92 Å². The van der Waals surface area contributed by atoms with Gasteiger partial charge in [-0.05, 0) is 43.5 Å². The van der Waals surface area contributed by atoms with Gasteiger partial charge in [0.05, 0.1) is 17.4 Å². The molecule has 2 amide bonds. The number of benzene rings is 2. The Labute approximate surface area is 193 Å². The number of hydrogen-bond acceptors (Lipinski definition) is 5.